The Balaban J connectivity index is 0.00000288. The van der Waals surface area contributed by atoms with Crippen LogP contribution in [0.1, 0.15) is 35.8 Å². The Morgan fingerprint density at radius 2 is 2.04 bits per heavy atom. The molecule has 7 heteroatoms. The van der Waals surface area contributed by atoms with Crippen LogP contribution in [0.5, 0.6) is 0 Å². The van der Waals surface area contributed by atoms with Crippen LogP contribution in [-0.4, -0.2) is 24.2 Å². The first-order valence-electron chi connectivity index (χ1n) is 7.77. The smallest absolute Gasteiger partial charge is 0.191 e. The molecule has 2 heterocycles. The van der Waals surface area contributed by atoms with E-state index >= 15 is 0 Å². The summed E-state index contributed by atoms with van der Waals surface area (Å²) in [5, 5.41) is 19.0. The second-order valence-corrected chi connectivity index (χ2v) is 6.76. The van der Waals surface area contributed by atoms with Crippen molar-refractivity contribution in [1.29, 1.82) is 0 Å². The van der Waals surface area contributed by atoms with E-state index in [9.17, 15) is 5.11 Å². The molecule has 5 nitrogen and oxygen atoms in total. The molecular formula is C17H26IN3O2S. The van der Waals surface area contributed by atoms with Gasteiger partial charge in [-0.1, -0.05) is 0 Å². The average molecular weight is 463 g/mol. The van der Waals surface area contributed by atoms with Crippen molar-refractivity contribution in [3.63, 3.8) is 0 Å². The van der Waals surface area contributed by atoms with Crippen LogP contribution >= 0.6 is 35.3 Å². The molecule has 0 fully saturated rings. The van der Waals surface area contributed by atoms with Crippen molar-refractivity contribution in [2.45, 2.75) is 39.8 Å². The van der Waals surface area contributed by atoms with Crippen LogP contribution in [-0.2, 0) is 12.1 Å². The third kappa shape index (κ3) is 5.78. The number of hydrogen-bond donors (Lipinski definition) is 3. The van der Waals surface area contributed by atoms with E-state index in [0.29, 0.717) is 24.8 Å². The third-order valence-electron chi connectivity index (χ3n) is 3.56. The molecular weight excluding hydrogens is 437 g/mol. The lowest BCUT2D eigenvalue weighted by molar-refractivity contribution is 0.0378. The number of aliphatic imine (C=N–C) groups is 1. The maximum absolute atomic E-state index is 10.6. The van der Waals surface area contributed by atoms with Gasteiger partial charge in [0.25, 0.3) is 0 Å². The predicted molar refractivity (Wildman–Crippen MR) is 110 cm³/mol. The van der Waals surface area contributed by atoms with Crippen molar-refractivity contribution >= 4 is 41.3 Å². The minimum atomic E-state index is -1.09. The summed E-state index contributed by atoms with van der Waals surface area (Å²) >= 11 is 1.71. The lowest BCUT2D eigenvalue weighted by atomic mass is 10.0. The highest BCUT2D eigenvalue weighted by Gasteiger charge is 2.27. The SMILES string of the molecule is CCNC(=NCc1sccc1C)NCC(C)(O)c1ccc(C)o1.I. The molecule has 0 aliphatic rings. The zero-order valence-electron chi connectivity index (χ0n) is 14.5. The van der Waals surface area contributed by atoms with E-state index in [4.69, 9.17) is 4.42 Å². The summed E-state index contributed by atoms with van der Waals surface area (Å²) in [5.74, 6) is 2.02. The van der Waals surface area contributed by atoms with E-state index in [2.05, 4.69) is 34.0 Å². The quantitative estimate of drug-likeness (QED) is 0.348. The Morgan fingerprint density at radius 1 is 1.29 bits per heavy atom. The van der Waals surface area contributed by atoms with Crippen LogP contribution in [0, 0.1) is 13.8 Å². The van der Waals surface area contributed by atoms with Gasteiger partial charge in [-0.3, -0.25) is 0 Å². The zero-order chi connectivity index (χ0) is 16.9. The van der Waals surface area contributed by atoms with E-state index in [1.54, 1.807) is 24.3 Å². The van der Waals surface area contributed by atoms with Gasteiger partial charge < -0.3 is 20.2 Å². The van der Waals surface area contributed by atoms with Crippen LogP contribution in [0.25, 0.3) is 0 Å². The Labute approximate surface area is 164 Å². The molecule has 0 saturated carbocycles. The fourth-order valence-corrected chi connectivity index (χ4v) is 2.96. The summed E-state index contributed by atoms with van der Waals surface area (Å²) in [4.78, 5) is 5.83. The maximum Gasteiger partial charge on any atom is 0.191 e. The molecule has 0 amide bonds. The van der Waals surface area contributed by atoms with Gasteiger partial charge in [-0.25, -0.2) is 4.99 Å². The largest absolute Gasteiger partial charge is 0.463 e. The molecule has 0 aliphatic heterocycles. The number of furan rings is 1. The number of hydrogen-bond acceptors (Lipinski definition) is 4. The van der Waals surface area contributed by atoms with Gasteiger partial charge in [0.05, 0.1) is 13.1 Å². The van der Waals surface area contributed by atoms with Gasteiger partial charge in [-0.05, 0) is 56.8 Å². The van der Waals surface area contributed by atoms with Crippen LogP contribution < -0.4 is 10.6 Å². The molecule has 0 aromatic carbocycles. The summed E-state index contributed by atoms with van der Waals surface area (Å²) in [6.45, 7) is 9.40. The van der Waals surface area contributed by atoms with E-state index in [1.165, 1.54) is 10.4 Å². The molecule has 1 unspecified atom stereocenters. The molecule has 134 valence electrons. The molecule has 24 heavy (non-hydrogen) atoms. The normalized spacial score (nSPS) is 14.0. The lowest BCUT2D eigenvalue weighted by Gasteiger charge is -2.22. The summed E-state index contributed by atoms with van der Waals surface area (Å²) < 4.78 is 5.53. The number of halogens is 1. The zero-order valence-corrected chi connectivity index (χ0v) is 17.7. The third-order valence-corrected chi connectivity index (χ3v) is 4.57. The van der Waals surface area contributed by atoms with E-state index in [-0.39, 0.29) is 24.0 Å². The lowest BCUT2D eigenvalue weighted by Crippen LogP contribution is -2.44. The highest BCUT2D eigenvalue weighted by molar-refractivity contribution is 14.0. The number of aryl methyl sites for hydroxylation is 2. The molecule has 0 aliphatic carbocycles. The Morgan fingerprint density at radius 3 is 2.58 bits per heavy atom. The van der Waals surface area contributed by atoms with Crippen LogP contribution in [0.4, 0.5) is 0 Å². The van der Waals surface area contributed by atoms with Gasteiger partial charge in [-0.15, -0.1) is 35.3 Å². The molecule has 0 saturated heterocycles. The Bertz CT molecular complexity index is 664. The Hall–Kier alpha value is -1.06. The summed E-state index contributed by atoms with van der Waals surface area (Å²) in [7, 11) is 0. The number of nitrogens with one attached hydrogen (secondary N) is 2. The summed E-state index contributed by atoms with van der Waals surface area (Å²) in [6.07, 6.45) is 0. The minimum absolute atomic E-state index is 0. The van der Waals surface area contributed by atoms with E-state index < -0.39 is 5.60 Å². The fraction of sp³-hybridized carbons (Fsp3) is 0.471. The number of nitrogens with zero attached hydrogens (tertiary/aromatic N) is 1. The van der Waals surface area contributed by atoms with Gasteiger partial charge in [0.1, 0.15) is 17.1 Å². The minimum Gasteiger partial charge on any atom is -0.463 e. The first kappa shape index (κ1) is 21.0. The maximum atomic E-state index is 10.6. The molecule has 0 bridgehead atoms. The first-order chi connectivity index (χ1) is 10.9. The standard InChI is InChI=1S/C17H25N3O2S.HI/c1-5-18-16(19-10-14-12(2)8-9-23-14)20-11-17(4,21)15-7-6-13(3)22-15;/h6-9,21H,5,10-11H2,1-4H3,(H2,18,19,20);1H. The van der Waals surface area contributed by atoms with Gasteiger partial charge in [0, 0.05) is 11.4 Å². The van der Waals surface area contributed by atoms with Crippen LogP contribution in [0.15, 0.2) is 33.0 Å². The van der Waals surface area contributed by atoms with Crippen molar-refractivity contribution in [1.82, 2.24) is 10.6 Å². The van der Waals surface area contributed by atoms with Crippen molar-refractivity contribution < 1.29 is 9.52 Å². The summed E-state index contributed by atoms with van der Waals surface area (Å²) in [5.41, 5.74) is 0.163. The van der Waals surface area contributed by atoms with Gasteiger partial charge in [0.15, 0.2) is 5.96 Å². The van der Waals surface area contributed by atoms with Gasteiger partial charge in [-0.2, -0.15) is 0 Å². The highest BCUT2D eigenvalue weighted by atomic mass is 127. The first-order valence-corrected chi connectivity index (χ1v) is 8.65. The fourth-order valence-electron chi connectivity index (χ4n) is 2.13. The molecule has 3 N–H and O–H groups in total. The average Bonchev–Trinajstić information content (AvgIpc) is 3.11. The molecule has 0 radical (unpaired) electrons. The topological polar surface area (TPSA) is 69.8 Å². The molecule has 2 rings (SSSR count). The van der Waals surface area contributed by atoms with Crippen LogP contribution in [0.2, 0.25) is 0 Å². The number of aliphatic hydroxyl groups is 1. The van der Waals surface area contributed by atoms with Crippen LogP contribution in [0.3, 0.4) is 0 Å². The van der Waals surface area contributed by atoms with E-state index in [0.717, 1.165) is 12.3 Å². The molecule has 2 aromatic rings. The van der Waals surface area contributed by atoms with Crippen molar-refractivity contribution in [2.24, 2.45) is 4.99 Å². The molecule has 0 spiro atoms. The van der Waals surface area contributed by atoms with Crippen molar-refractivity contribution in [3.8, 4) is 0 Å². The highest BCUT2D eigenvalue weighted by Crippen LogP contribution is 2.22. The summed E-state index contributed by atoms with van der Waals surface area (Å²) in [6, 6.07) is 5.75. The molecule has 1 atom stereocenters. The number of rotatable bonds is 6. The van der Waals surface area contributed by atoms with Crippen molar-refractivity contribution in [2.75, 3.05) is 13.1 Å². The Kier molecular flexibility index (Phi) is 8.24. The van der Waals surface area contributed by atoms with Gasteiger partial charge >= 0.3 is 0 Å². The monoisotopic (exact) mass is 463 g/mol. The van der Waals surface area contributed by atoms with Gasteiger partial charge in [0.2, 0.25) is 0 Å². The number of thiophene rings is 1. The predicted octanol–water partition coefficient (Wildman–Crippen LogP) is 3.54. The second kappa shape index (κ2) is 9.43. The van der Waals surface area contributed by atoms with E-state index in [1.807, 2.05) is 19.9 Å². The number of guanidine groups is 1. The van der Waals surface area contributed by atoms with Crippen molar-refractivity contribution in [3.05, 3.63) is 45.5 Å². The molecule has 2 aromatic heterocycles. The second-order valence-electron chi connectivity index (χ2n) is 5.76.